The molecule has 1 N–H and O–H groups in total. The zero-order chi connectivity index (χ0) is 14.9. The SMILES string of the molecule is CN1CCN(C)C(C(O)Cc2c(F)ccc(Br)c2F)C1. The first-order valence-electron chi connectivity index (χ1n) is 6.59. The lowest BCUT2D eigenvalue weighted by Crippen LogP contribution is -2.55. The van der Waals surface area contributed by atoms with E-state index in [0.29, 0.717) is 6.54 Å². The summed E-state index contributed by atoms with van der Waals surface area (Å²) in [7, 11) is 3.90. The molecule has 0 bridgehead atoms. The summed E-state index contributed by atoms with van der Waals surface area (Å²) in [6, 6.07) is 2.43. The van der Waals surface area contributed by atoms with E-state index in [0.717, 1.165) is 13.1 Å². The quantitative estimate of drug-likeness (QED) is 0.845. The molecule has 3 nitrogen and oxygen atoms in total. The molecule has 2 unspecified atom stereocenters. The van der Waals surface area contributed by atoms with E-state index in [-0.39, 0.29) is 22.5 Å². The summed E-state index contributed by atoms with van der Waals surface area (Å²) in [5, 5.41) is 10.3. The van der Waals surface area contributed by atoms with Crippen molar-refractivity contribution in [1.82, 2.24) is 9.80 Å². The molecule has 0 aromatic heterocycles. The molecule has 20 heavy (non-hydrogen) atoms. The second-order valence-electron chi connectivity index (χ2n) is 5.40. The van der Waals surface area contributed by atoms with Crippen LogP contribution in [0.5, 0.6) is 0 Å². The molecular formula is C14H19BrF2N2O. The van der Waals surface area contributed by atoms with Crippen LogP contribution in [-0.2, 0) is 6.42 Å². The van der Waals surface area contributed by atoms with Crippen molar-refractivity contribution < 1.29 is 13.9 Å². The molecule has 2 atom stereocenters. The van der Waals surface area contributed by atoms with Crippen molar-refractivity contribution in [3.63, 3.8) is 0 Å². The van der Waals surface area contributed by atoms with E-state index in [1.54, 1.807) is 0 Å². The highest BCUT2D eigenvalue weighted by Crippen LogP contribution is 2.24. The maximum absolute atomic E-state index is 13.9. The van der Waals surface area contributed by atoms with Gasteiger partial charge in [-0.1, -0.05) is 0 Å². The molecule has 1 heterocycles. The van der Waals surface area contributed by atoms with Crippen LogP contribution < -0.4 is 0 Å². The number of rotatable bonds is 3. The largest absolute Gasteiger partial charge is 0.391 e. The second-order valence-corrected chi connectivity index (χ2v) is 6.26. The third-order valence-corrected chi connectivity index (χ3v) is 4.51. The van der Waals surface area contributed by atoms with Crippen LogP contribution in [0, 0.1) is 11.6 Å². The maximum atomic E-state index is 13.9. The number of benzene rings is 1. The van der Waals surface area contributed by atoms with Crippen LogP contribution in [0.15, 0.2) is 16.6 Å². The Kier molecular flexibility index (Phi) is 5.12. The van der Waals surface area contributed by atoms with Crippen molar-refractivity contribution in [3.05, 3.63) is 33.8 Å². The van der Waals surface area contributed by atoms with Gasteiger partial charge in [0.15, 0.2) is 0 Å². The molecule has 0 saturated carbocycles. The highest BCUT2D eigenvalue weighted by atomic mass is 79.9. The Labute approximate surface area is 126 Å². The molecule has 0 amide bonds. The Balaban J connectivity index is 2.15. The van der Waals surface area contributed by atoms with E-state index < -0.39 is 17.7 Å². The minimum absolute atomic E-state index is 0.0278. The molecule has 1 aliphatic rings. The smallest absolute Gasteiger partial charge is 0.143 e. The van der Waals surface area contributed by atoms with Gasteiger partial charge >= 0.3 is 0 Å². The molecule has 1 saturated heterocycles. The Morgan fingerprint density at radius 2 is 2.05 bits per heavy atom. The van der Waals surface area contributed by atoms with E-state index >= 15 is 0 Å². The van der Waals surface area contributed by atoms with Crippen molar-refractivity contribution in [3.8, 4) is 0 Å². The van der Waals surface area contributed by atoms with Crippen LogP contribution in [0.3, 0.4) is 0 Å². The first kappa shape index (κ1) is 15.8. The number of piperazine rings is 1. The lowest BCUT2D eigenvalue weighted by Gasteiger charge is -2.40. The monoisotopic (exact) mass is 348 g/mol. The van der Waals surface area contributed by atoms with Gasteiger partial charge in [0.2, 0.25) is 0 Å². The average Bonchev–Trinajstić information content (AvgIpc) is 2.41. The summed E-state index contributed by atoms with van der Waals surface area (Å²) in [6.07, 6.45) is -0.832. The first-order chi connectivity index (χ1) is 9.40. The fourth-order valence-corrected chi connectivity index (χ4v) is 2.93. The third kappa shape index (κ3) is 3.36. The predicted octanol–water partition coefficient (Wildman–Crippen LogP) is 1.88. The summed E-state index contributed by atoms with van der Waals surface area (Å²) in [4.78, 5) is 4.15. The zero-order valence-electron chi connectivity index (χ0n) is 11.6. The second kappa shape index (κ2) is 6.47. The van der Waals surface area contributed by atoms with Crippen LogP contribution >= 0.6 is 15.9 Å². The highest BCUT2D eigenvalue weighted by molar-refractivity contribution is 9.10. The molecule has 112 valence electrons. The first-order valence-corrected chi connectivity index (χ1v) is 7.38. The van der Waals surface area contributed by atoms with E-state index in [9.17, 15) is 13.9 Å². The van der Waals surface area contributed by atoms with Crippen LogP contribution in [-0.4, -0.2) is 60.8 Å². The summed E-state index contributed by atoms with van der Waals surface area (Å²) in [5.74, 6) is -1.24. The highest BCUT2D eigenvalue weighted by Gasteiger charge is 2.30. The minimum atomic E-state index is -0.805. The topological polar surface area (TPSA) is 26.7 Å². The Morgan fingerprint density at radius 3 is 2.75 bits per heavy atom. The van der Waals surface area contributed by atoms with Crippen molar-refractivity contribution in [2.24, 2.45) is 0 Å². The molecule has 0 aliphatic carbocycles. The standard InChI is InChI=1S/C14H19BrF2N2O/c1-18-5-6-19(2)12(8-18)13(20)7-9-11(16)4-3-10(15)14(9)17/h3-4,12-13,20H,5-8H2,1-2H3. The normalized spacial score (nSPS) is 23.0. The fourth-order valence-electron chi connectivity index (χ4n) is 2.56. The van der Waals surface area contributed by atoms with Gasteiger partial charge in [0.1, 0.15) is 11.6 Å². The predicted molar refractivity (Wildman–Crippen MR) is 77.7 cm³/mol. The molecule has 1 aromatic carbocycles. The van der Waals surface area contributed by atoms with Gasteiger partial charge in [-0.05, 0) is 42.2 Å². The number of aliphatic hydroxyl groups excluding tert-OH is 1. The van der Waals surface area contributed by atoms with Gasteiger partial charge in [0, 0.05) is 37.7 Å². The van der Waals surface area contributed by atoms with E-state index in [2.05, 4.69) is 20.8 Å². The summed E-state index contributed by atoms with van der Waals surface area (Å²) >= 11 is 3.05. The van der Waals surface area contributed by atoms with Gasteiger partial charge in [0.05, 0.1) is 10.6 Å². The van der Waals surface area contributed by atoms with Gasteiger partial charge < -0.3 is 10.0 Å². The summed E-state index contributed by atoms with van der Waals surface area (Å²) in [5.41, 5.74) is -0.0616. The molecule has 0 spiro atoms. The van der Waals surface area contributed by atoms with Crippen LogP contribution in [0.4, 0.5) is 8.78 Å². The molecule has 2 rings (SSSR count). The molecule has 6 heteroatoms. The van der Waals surface area contributed by atoms with Crippen LogP contribution in [0.2, 0.25) is 0 Å². The van der Waals surface area contributed by atoms with E-state index in [1.807, 2.05) is 19.0 Å². The number of aliphatic hydroxyl groups is 1. The van der Waals surface area contributed by atoms with Crippen LogP contribution in [0.1, 0.15) is 5.56 Å². The Morgan fingerprint density at radius 1 is 1.35 bits per heavy atom. The van der Waals surface area contributed by atoms with Crippen molar-refractivity contribution in [1.29, 1.82) is 0 Å². The van der Waals surface area contributed by atoms with Gasteiger partial charge in [-0.3, -0.25) is 4.90 Å². The summed E-state index contributed by atoms with van der Waals surface area (Å²) < 4.78 is 27.9. The molecule has 1 aromatic rings. The van der Waals surface area contributed by atoms with Gasteiger partial charge in [-0.25, -0.2) is 8.78 Å². The number of nitrogens with zero attached hydrogens (tertiary/aromatic N) is 2. The van der Waals surface area contributed by atoms with Gasteiger partial charge in [-0.15, -0.1) is 0 Å². The number of halogens is 3. The molecular weight excluding hydrogens is 330 g/mol. The van der Waals surface area contributed by atoms with Crippen molar-refractivity contribution in [2.75, 3.05) is 33.7 Å². The Hall–Kier alpha value is -0.560. The summed E-state index contributed by atoms with van der Waals surface area (Å²) in [6.45, 7) is 2.45. The van der Waals surface area contributed by atoms with Crippen molar-refractivity contribution >= 4 is 15.9 Å². The lowest BCUT2D eigenvalue weighted by molar-refractivity contribution is 0.0145. The van der Waals surface area contributed by atoms with E-state index in [1.165, 1.54) is 12.1 Å². The van der Waals surface area contributed by atoms with E-state index in [4.69, 9.17) is 0 Å². The average molecular weight is 349 g/mol. The number of hydrogen-bond donors (Lipinski definition) is 1. The number of likely N-dealkylation sites (N-methyl/N-ethyl adjacent to an activating group) is 2. The van der Waals surface area contributed by atoms with Gasteiger partial charge in [0.25, 0.3) is 0 Å². The maximum Gasteiger partial charge on any atom is 0.143 e. The van der Waals surface area contributed by atoms with Crippen molar-refractivity contribution in [2.45, 2.75) is 18.6 Å². The minimum Gasteiger partial charge on any atom is -0.391 e. The van der Waals surface area contributed by atoms with Crippen LogP contribution in [0.25, 0.3) is 0 Å². The van der Waals surface area contributed by atoms with Gasteiger partial charge in [-0.2, -0.15) is 0 Å². The number of hydrogen-bond acceptors (Lipinski definition) is 3. The fraction of sp³-hybridized carbons (Fsp3) is 0.571. The Bertz CT molecular complexity index is 486. The molecule has 1 aliphatic heterocycles. The molecule has 1 fully saturated rings. The lowest BCUT2D eigenvalue weighted by atomic mass is 9.98. The zero-order valence-corrected chi connectivity index (χ0v) is 13.2. The molecule has 0 radical (unpaired) electrons. The third-order valence-electron chi connectivity index (χ3n) is 3.90.